The summed E-state index contributed by atoms with van der Waals surface area (Å²) in [6.45, 7) is 0.600. The number of anilines is 2. The van der Waals surface area contributed by atoms with Crippen molar-refractivity contribution in [3.05, 3.63) is 89.8 Å². The van der Waals surface area contributed by atoms with Crippen LogP contribution in [0.4, 0.5) is 11.5 Å². The lowest BCUT2D eigenvalue weighted by molar-refractivity contribution is 0.0968. The Morgan fingerprint density at radius 3 is 2.70 bits per heavy atom. The zero-order valence-electron chi connectivity index (χ0n) is 14.7. The van der Waals surface area contributed by atoms with Gasteiger partial charge in [0.25, 0.3) is 0 Å². The van der Waals surface area contributed by atoms with Crippen LogP contribution in [0.3, 0.4) is 0 Å². The minimum absolute atomic E-state index is 0.0344. The van der Waals surface area contributed by atoms with Gasteiger partial charge in [-0.2, -0.15) is 0 Å². The van der Waals surface area contributed by atoms with E-state index in [1.165, 1.54) is 0 Å². The number of aromatic nitrogens is 1. The van der Waals surface area contributed by atoms with E-state index in [1.54, 1.807) is 12.3 Å². The van der Waals surface area contributed by atoms with Crippen LogP contribution in [0.1, 0.15) is 21.7 Å². The number of nitrogen functional groups attached to an aromatic ring is 1. The van der Waals surface area contributed by atoms with Gasteiger partial charge in [-0.3, -0.25) is 4.79 Å². The largest absolute Gasteiger partial charge is 0.453 e. The molecule has 0 aliphatic carbocycles. The normalized spacial score (nSPS) is 10.8. The quantitative estimate of drug-likeness (QED) is 0.498. The Morgan fingerprint density at radius 1 is 1.00 bits per heavy atom. The summed E-state index contributed by atoms with van der Waals surface area (Å²) in [7, 11) is 0. The first-order chi connectivity index (χ1) is 13.2. The fourth-order valence-electron chi connectivity index (χ4n) is 3.01. The van der Waals surface area contributed by atoms with Gasteiger partial charge < -0.3 is 15.5 Å². The second-order valence-corrected chi connectivity index (χ2v) is 6.36. The molecule has 0 saturated carbocycles. The Hall–Kier alpha value is -3.60. The molecule has 0 unspecified atom stereocenters. The van der Waals surface area contributed by atoms with Crippen molar-refractivity contribution in [1.82, 2.24) is 4.98 Å². The predicted octanol–water partition coefficient (Wildman–Crippen LogP) is 4.45. The predicted molar refractivity (Wildman–Crippen MR) is 107 cm³/mol. The molecule has 0 aliphatic rings. The number of para-hydroxylation sites is 1. The Labute approximate surface area is 156 Å². The molecule has 5 nitrogen and oxygen atoms in total. The summed E-state index contributed by atoms with van der Waals surface area (Å²) in [5, 5.41) is 4.21. The van der Waals surface area contributed by atoms with Gasteiger partial charge in [0.2, 0.25) is 5.78 Å². The average molecular weight is 357 g/mol. The van der Waals surface area contributed by atoms with E-state index in [1.807, 2.05) is 60.7 Å². The first-order valence-electron chi connectivity index (χ1n) is 8.73. The molecule has 2 aromatic carbocycles. The zero-order valence-corrected chi connectivity index (χ0v) is 14.7. The van der Waals surface area contributed by atoms with Crippen LogP contribution in [0, 0.1) is 0 Å². The van der Waals surface area contributed by atoms with Crippen molar-refractivity contribution in [1.29, 1.82) is 0 Å². The number of pyridine rings is 1. The topological polar surface area (TPSA) is 81.1 Å². The molecule has 0 saturated heterocycles. The summed E-state index contributed by atoms with van der Waals surface area (Å²) >= 11 is 0. The van der Waals surface area contributed by atoms with Crippen LogP contribution in [0.5, 0.6) is 0 Å². The first kappa shape index (κ1) is 16.8. The highest BCUT2D eigenvalue weighted by molar-refractivity contribution is 5.98. The Kier molecular flexibility index (Phi) is 4.58. The maximum atomic E-state index is 12.6. The number of nitrogens with zero attached hydrogens (tertiary/aromatic N) is 1. The zero-order chi connectivity index (χ0) is 18.6. The van der Waals surface area contributed by atoms with Crippen LogP contribution in [0.25, 0.3) is 11.0 Å². The molecule has 4 aromatic rings. The van der Waals surface area contributed by atoms with Crippen molar-refractivity contribution in [2.45, 2.75) is 13.0 Å². The van der Waals surface area contributed by atoms with Crippen molar-refractivity contribution in [2.24, 2.45) is 0 Å². The van der Waals surface area contributed by atoms with Crippen LogP contribution in [-0.4, -0.2) is 10.8 Å². The van der Waals surface area contributed by atoms with Gasteiger partial charge in [0.1, 0.15) is 11.4 Å². The molecule has 0 radical (unpaired) electrons. The van der Waals surface area contributed by atoms with Gasteiger partial charge >= 0.3 is 0 Å². The van der Waals surface area contributed by atoms with E-state index in [0.29, 0.717) is 24.5 Å². The monoisotopic (exact) mass is 357 g/mol. The molecule has 2 heterocycles. The van der Waals surface area contributed by atoms with E-state index < -0.39 is 0 Å². The van der Waals surface area contributed by atoms with Crippen LogP contribution >= 0.6 is 0 Å². The van der Waals surface area contributed by atoms with Crippen LogP contribution in [0.15, 0.2) is 77.3 Å². The van der Waals surface area contributed by atoms with Crippen LogP contribution < -0.4 is 11.1 Å². The number of nitrogens with two attached hydrogens (primary N) is 1. The summed E-state index contributed by atoms with van der Waals surface area (Å²) < 4.78 is 5.67. The molecule has 0 bridgehead atoms. The van der Waals surface area contributed by atoms with E-state index in [4.69, 9.17) is 10.2 Å². The molecule has 0 amide bonds. The summed E-state index contributed by atoms with van der Waals surface area (Å²) in [6.07, 6.45) is 1.95. The van der Waals surface area contributed by atoms with Gasteiger partial charge in [-0.15, -0.1) is 0 Å². The Bertz CT molecular complexity index is 1070. The summed E-state index contributed by atoms with van der Waals surface area (Å²) in [5.41, 5.74) is 9.38. The van der Waals surface area contributed by atoms with Crippen LogP contribution in [0.2, 0.25) is 0 Å². The molecule has 0 aliphatic heterocycles. The maximum Gasteiger partial charge on any atom is 0.202 e. The van der Waals surface area contributed by atoms with Gasteiger partial charge in [0.15, 0.2) is 5.76 Å². The molecule has 3 N–H and O–H groups in total. The first-order valence-corrected chi connectivity index (χ1v) is 8.73. The standard InChI is InChI=1S/C22H19N3O2/c23-22-18(8-4-10-24-22)25-14-16-6-3-5-15(11-16)12-19(26)21-13-17-7-1-2-9-20(17)27-21/h1-11,13,25H,12,14H2,(H2,23,24). The number of hydrogen-bond donors (Lipinski definition) is 2. The van der Waals surface area contributed by atoms with Gasteiger partial charge in [0, 0.05) is 24.5 Å². The molecular weight excluding hydrogens is 338 g/mol. The maximum absolute atomic E-state index is 12.6. The fourth-order valence-corrected chi connectivity index (χ4v) is 3.01. The highest BCUT2D eigenvalue weighted by Crippen LogP contribution is 2.21. The number of benzene rings is 2. The number of hydrogen-bond acceptors (Lipinski definition) is 5. The molecule has 0 spiro atoms. The third-order valence-electron chi connectivity index (χ3n) is 4.38. The molecule has 0 atom stereocenters. The fraction of sp³-hybridized carbons (Fsp3) is 0.0909. The van der Waals surface area contributed by atoms with Crippen LogP contribution in [-0.2, 0) is 13.0 Å². The number of rotatable bonds is 6. The number of carbonyl (C=O) groups is 1. The molecule has 2 aromatic heterocycles. The highest BCUT2D eigenvalue weighted by Gasteiger charge is 2.13. The van der Waals surface area contributed by atoms with E-state index >= 15 is 0 Å². The Morgan fingerprint density at radius 2 is 1.85 bits per heavy atom. The van der Waals surface area contributed by atoms with Crippen molar-refractivity contribution in [3.8, 4) is 0 Å². The SMILES string of the molecule is Nc1ncccc1NCc1cccc(CC(=O)c2cc3ccccc3o2)c1. The van der Waals surface area contributed by atoms with Crippen molar-refractivity contribution < 1.29 is 9.21 Å². The van der Waals surface area contributed by atoms with E-state index in [-0.39, 0.29) is 5.78 Å². The Balaban J connectivity index is 1.45. The van der Waals surface area contributed by atoms with Gasteiger partial charge in [-0.1, -0.05) is 42.5 Å². The number of nitrogens with one attached hydrogen (secondary N) is 1. The number of Topliss-reactive ketones (excluding diaryl/α,β-unsaturated/α-hetero) is 1. The smallest absolute Gasteiger partial charge is 0.202 e. The number of ketones is 1. The second-order valence-electron chi connectivity index (χ2n) is 6.36. The van der Waals surface area contributed by atoms with Gasteiger partial charge in [-0.25, -0.2) is 4.98 Å². The van der Waals surface area contributed by atoms with Gasteiger partial charge in [-0.05, 0) is 35.4 Å². The molecule has 0 fully saturated rings. The highest BCUT2D eigenvalue weighted by atomic mass is 16.3. The second kappa shape index (κ2) is 7.33. The molecule has 134 valence electrons. The van der Waals surface area contributed by atoms with E-state index in [0.717, 1.165) is 27.8 Å². The lowest BCUT2D eigenvalue weighted by atomic mass is 10.0. The van der Waals surface area contributed by atoms with Crippen molar-refractivity contribution in [3.63, 3.8) is 0 Å². The molecule has 27 heavy (non-hydrogen) atoms. The van der Waals surface area contributed by atoms with Crippen molar-refractivity contribution in [2.75, 3.05) is 11.1 Å². The minimum Gasteiger partial charge on any atom is -0.453 e. The lowest BCUT2D eigenvalue weighted by Gasteiger charge is -2.09. The van der Waals surface area contributed by atoms with Gasteiger partial charge in [0.05, 0.1) is 5.69 Å². The average Bonchev–Trinajstić information content (AvgIpc) is 3.12. The van der Waals surface area contributed by atoms with E-state index in [9.17, 15) is 4.79 Å². The number of carbonyl (C=O) groups excluding carboxylic acids is 1. The summed E-state index contributed by atoms with van der Waals surface area (Å²) in [6, 6.07) is 21.1. The third kappa shape index (κ3) is 3.82. The summed E-state index contributed by atoms with van der Waals surface area (Å²) in [4.78, 5) is 16.6. The number of furan rings is 1. The third-order valence-corrected chi connectivity index (χ3v) is 4.38. The number of fused-ring (bicyclic) bond motifs is 1. The minimum atomic E-state index is -0.0344. The lowest BCUT2D eigenvalue weighted by Crippen LogP contribution is -2.05. The molecule has 5 heteroatoms. The molecule has 4 rings (SSSR count). The van der Waals surface area contributed by atoms with E-state index in [2.05, 4.69) is 10.3 Å². The summed E-state index contributed by atoms with van der Waals surface area (Å²) in [5.74, 6) is 0.824. The van der Waals surface area contributed by atoms with Crippen molar-refractivity contribution >= 4 is 28.3 Å². The molecular formula is C22H19N3O2.